The number of benzene rings is 1. The van der Waals surface area contributed by atoms with E-state index in [1.807, 2.05) is 0 Å². The zero-order valence-electron chi connectivity index (χ0n) is 8.50. The van der Waals surface area contributed by atoms with Crippen LogP contribution in [0.25, 0.3) is 0 Å². The lowest BCUT2D eigenvalue weighted by Gasteiger charge is -2.07. The predicted octanol–water partition coefficient (Wildman–Crippen LogP) is 2.05. The molecule has 0 unspecified atom stereocenters. The number of nitrogens with zero attached hydrogens (tertiary/aromatic N) is 1. The van der Waals surface area contributed by atoms with E-state index in [9.17, 15) is 9.18 Å². The van der Waals surface area contributed by atoms with Crippen molar-refractivity contribution < 1.29 is 13.9 Å². The molecule has 0 aromatic heterocycles. The Labute approximate surface area is 87.1 Å². The number of esters is 1. The Bertz CT molecular complexity index is 435. The summed E-state index contributed by atoms with van der Waals surface area (Å²) in [5.74, 6) is -1.55. The normalized spacial score (nSPS) is 9.47. The topological polar surface area (TPSA) is 50.1 Å². The van der Waals surface area contributed by atoms with Gasteiger partial charge in [0.25, 0.3) is 0 Å². The Morgan fingerprint density at radius 1 is 1.60 bits per heavy atom. The van der Waals surface area contributed by atoms with Crippen molar-refractivity contribution in [3.8, 4) is 6.07 Å². The second kappa shape index (κ2) is 4.56. The van der Waals surface area contributed by atoms with Crippen LogP contribution in [0, 0.1) is 17.1 Å². The van der Waals surface area contributed by atoms with Crippen molar-refractivity contribution in [1.82, 2.24) is 0 Å². The molecule has 0 saturated heterocycles. The van der Waals surface area contributed by atoms with Crippen molar-refractivity contribution in [2.75, 3.05) is 7.11 Å². The molecule has 1 rings (SSSR count). The molecule has 0 spiro atoms. The minimum atomic E-state index is -0.802. The van der Waals surface area contributed by atoms with E-state index in [-0.39, 0.29) is 11.1 Å². The molecule has 0 radical (unpaired) electrons. The van der Waals surface area contributed by atoms with Crippen LogP contribution < -0.4 is 0 Å². The first kappa shape index (κ1) is 11.2. The van der Waals surface area contributed by atoms with Crippen LogP contribution in [-0.2, 0) is 11.2 Å². The largest absolute Gasteiger partial charge is 0.465 e. The van der Waals surface area contributed by atoms with Crippen molar-refractivity contribution in [2.24, 2.45) is 0 Å². The number of nitriles is 1. The van der Waals surface area contributed by atoms with Crippen LogP contribution in [0.3, 0.4) is 0 Å². The van der Waals surface area contributed by atoms with Crippen molar-refractivity contribution in [3.05, 3.63) is 34.6 Å². The van der Waals surface area contributed by atoms with Gasteiger partial charge in [-0.1, -0.05) is 13.0 Å². The molecule has 0 fully saturated rings. The van der Waals surface area contributed by atoms with Gasteiger partial charge in [0.1, 0.15) is 6.07 Å². The number of aryl methyl sites for hydroxylation is 1. The van der Waals surface area contributed by atoms with Crippen LogP contribution in [0.2, 0.25) is 0 Å². The average Bonchev–Trinajstić information content (AvgIpc) is 2.27. The fourth-order valence-electron chi connectivity index (χ4n) is 1.32. The molecule has 0 N–H and O–H groups in total. The Hall–Kier alpha value is -1.89. The summed E-state index contributed by atoms with van der Waals surface area (Å²) in [4.78, 5) is 11.3. The first-order valence-corrected chi connectivity index (χ1v) is 4.45. The molecule has 0 aliphatic rings. The van der Waals surface area contributed by atoms with E-state index >= 15 is 0 Å². The van der Waals surface area contributed by atoms with Crippen LogP contribution in [0.4, 0.5) is 4.39 Å². The molecule has 0 heterocycles. The molecule has 78 valence electrons. The number of carbonyl (C=O) groups excluding carboxylic acids is 1. The second-order valence-corrected chi connectivity index (χ2v) is 2.92. The van der Waals surface area contributed by atoms with E-state index in [1.165, 1.54) is 13.2 Å². The lowest BCUT2D eigenvalue weighted by atomic mass is 10.0. The molecule has 1 aromatic rings. The average molecular weight is 207 g/mol. The summed E-state index contributed by atoms with van der Waals surface area (Å²) in [7, 11) is 1.18. The van der Waals surface area contributed by atoms with Crippen molar-refractivity contribution in [2.45, 2.75) is 13.3 Å². The Morgan fingerprint density at radius 2 is 2.27 bits per heavy atom. The summed E-state index contributed by atoms with van der Waals surface area (Å²) in [6.45, 7) is 1.80. The lowest BCUT2D eigenvalue weighted by molar-refractivity contribution is 0.0594. The van der Waals surface area contributed by atoms with Crippen LogP contribution >= 0.6 is 0 Å². The first-order valence-electron chi connectivity index (χ1n) is 4.45. The van der Waals surface area contributed by atoms with E-state index in [1.54, 1.807) is 19.1 Å². The molecular formula is C11H10FNO2. The maximum Gasteiger partial charge on any atom is 0.341 e. The van der Waals surface area contributed by atoms with Gasteiger partial charge in [0.2, 0.25) is 0 Å². The summed E-state index contributed by atoms with van der Waals surface area (Å²) < 4.78 is 18.1. The van der Waals surface area contributed by atoms with Gasteiger partial charge in [-0.15, -0.1) is 0 Å². The quantitative estimate of drug-likeness (QED) is 0.697. The van der Waals surface area contributed by atoms with E-state index in [0.29, 0.717) is 12.0 Å². The third kappa shape index (κ3) is 1.96. The molecule has 0 aliphatic heterocycles. The Balaban J connectivity index is 3.44. The van der Waals surface area contributed by atoms with Gasteiger partial charge in [-0.25, -0.2) is 9.18 Å². The van der Waals surface area contributed by atoms with E-state index < -0.39 is 11.8 Å². The van der Waals surface area contributed by atoms with Gasteiger partial charge in [-0.2, -0.15) is 5.26 Å². The maximum atomic E-state index is 13.6. The number of halogens is 1. The molecule has 0 saturated carbocycles. The standard InChI is InChI=1S/C11H10FNO2/c1-3-7-4-5-8(6-13)10(12)9(7)11(14)15-2/h4-5H,3H2,1-2H3. The fourth-order valence-corrected chi connectivity index (χ4v) is 1.32. The minimum Gasteiger partial charge on any atom is -0.465 e. The van der Waals surface area contributed by atoms with Crippen LogP contribution in [0.5, 0.6) is 0 Å². The van der Waals surface area contributed by atoms with Crippen LogP contribution in [-0.4, -0.2) is 13.1 Å². The van der Waals surface area contributed by atoms with Gasteiger partial charge in [-0.05, 0) is 18.1 Å². The molecule has 4 heteroatoms. The summed E-state index contributed by atoms with van der Waals surface area (Å²) in [5.41, 5.74) is 0.255. The van der Waals surface area contributed by atoms with E-state index in [0.717, 1.165) is 0 Å². The second-order valence-electron chi connectivity index (χ2n) is 2.92. The van der Waals surface area contributed by atoms with Gasteiger partial charge in [0.05, 0.1) is 18.2 Å². The Morgan fingerprint density at radius 3 is 2.73 bits per heavy atom. The Kier molecular flexibility index (Phi) is 3.40. The van der Waals surface area contributed by atoms with Crippen molar-refractivity contribution >= 4 is 5.97 Å². The first-order chi connectivity index (χ1) is 7.15. The number of rotatable bonds is 2. The zero-order valence-corrected chi connectivity index (χ0v) is 8.50. The minimum absolute atomic E-state index is 0.140. The van der Waals surface area contributed by atoms with E-state index in [2.05, 4.69) is 4.74 Å². The molecule has 3 nitrogen and oxygen atoms in total. The molecule has 0 bridgehead atoms. The summed E-state index contributed by atoms with van der Waals surface area (Å²) >= 11 is 0. The number of methoxy groups -OCH3 is 1. The molecule has 0 amide bonds. The third-order valence-corrected chi connectivity index (χ3v) is 2.12. The molecule has 15 heavy (non-hydrogen) atoms. The van der Waals surface area contributed by atoms with Gasteiger partial charge in [0.15, 0.2) is 5.82 Å². The zero-order chi connectivity index (χ0) is 11.4. The number of hydrogen-bond acceptors (Lipinski definition) is 3. The SMILES string of the molecule is CCc1ccc(C#N)c(F)c1C(=O)OC. The molecule has 1 aromatic carbocycles. The van der Waals surface area contributed by atoms with Gasteiger partial charge in [0, 0.05) is 0 Å². The van der Waals surface area contributed by atoms with Gasteiger partial charge >= 0.3 is 5.97 Å². The monoisotopic (exact) mass is 207 g/mol. The smallest absolute Gasteiger partial charge is 0.341 e. The van der Waals surface area contributed by atoms with E-state index in [4.69, 9.17) is 5.26 Å². The molecule has 0 aliphatic carbocycles. The number of ether oxygens (including phenoxy) is 1. The highest BCUT2D eigenvalue weighted by molar-refractivity contribution is 5.91. The lowest BCUT2D eigenvalue weighted by Crippen LogP contribution is -2.09. The fraction of sp³-hybridized carbons (Fsp3) is 0.273. The highest BCUT2D eigenvalue weighted by Gasteiger charge is 2.19. The number of carbonyl (C=O) groups is 1. The molecular weight excluding hydrogens is 197 g/mol. The van der Waals surface area contributed by atoms with Gasteiger partial charge < -0.3 is 4.74 Å². The molecule has 0 atom stereocenters. The highest BCUT2D eigenvalue weighted by atomic mass is 19.1. The van der Waals surface area contributed by atoms with Gasteiger partial charge in [-0.3, -0.25) is 0 Å². The number of hydrogen-bond donors (Lipinski definition) is 0. The summed E-state index contributed by atoms with van der Waals surface area (Å²) in [5, 5.41) is 8.62. The highest BCUT2D eigenvalue weighted by Crippen LogP contribution is 2.19. The van der Waals surface area contributed by atoms with Crippen molar-refractivity contribution in [1.29, 1.82) is 5.26 Å². The summed E-state index contributed by atoms with van der Waals surface area (Å²) in [6.07, 6.45) is 0.507. The van der Waals surface area contributed by atoms with Crippen LogP contribution in [0.1, 0.15) is 28.4 Å². The maximum absolute atomic E-state index is 13.6. The van der Waals surface area contributed by atoms with Crippen LogP contribution in [0.15, 0.2) is 12.1 Å². The van der Waals surface area contributed by atoms with Crippen molar-refractivity contribution in [3.63, 3.8) is 0 Å². The predicted molar refractivity (Wildman–Crippen MR) is 51.8 cm³/mol. The summed E-state index contributed by atoms with van der Waals surface area (Å²) in [6, 6.07) is 4.61. The third-order valence-electron chi connectivity index (χ3n) is 2.12.